The molecule has 1 saturated heterocycles. The molecular weight excluding hydrogens is 260 g/mol. The molecule has 6 heteroatoms. The van der Waals surface area contributed by atoms with E-state index < -0.39 is 0 Å². The molecule has 110 valence electrons. The monoisotopic (exact) mass is 280 g/mol. The summed E-state index contributed by atoms with van der Waals surface area (Å²) in [6.07, 6.45) is 0.833. The second kappa shape index (κ2) is 6.30. The first-order chi connectivity index (χ1) is 9.58. The number of methoxy groups -OCH3 is 1. The molecule has 0 bridgehead atoms. The molecule has 6 nitrogen and oxygen atoms in total. The van der Waals surface area contributed by atoms with Crippen molar-refractivity contribution in [3.63, 3.8) is 0 Å². The zero-order valence-corrected chi connectivity index (χ0v) is 11.8. The normalized spacial score (nSPS) is 23.7. The lowest BCUT2D eigenvalue weighted by Gasteiger charge is -2.28. The highest BCUT2D eigenvalue weighted by Gasteiger charge is 2.35. The topological polar surface area (TPSA) is 73.6 Å². The summed E-state index contributed by atoms with van der Waals surface area (Å²) < 4.78 is 10.9. The zero-order valence-electron chi connectivity index (χ0n) is 11.8. The predicted molar refractivity (Wildman–Crippen MR) is 74.7 cm³/mol. The molecule has 1 aromatic rings. The summed E-state index contributed by atoms with van der Waals surface area (Å²) in [5.41, 5.74) is 0.502. The molecule has 2 unspecified atom stereocenters. The fourth-order valence-corrected chi connectivity index (χ4v) is 2.43. The molecule has 0 aliphatic carbocycles. The lowest BCUT2D eigenvalue weighted by molar-refractivity contribution is -0.385. The third-order valence-electron chi connectivity index (χ3n) is 3.83. The molecule has 1 N–H and O–H groups in total. The van der Waals surface area contributed by atoms with Gasteiger partial charge in [0.2, 0.25) is 0 Å². The highest BCUT2D eigenvalue weighted by atomic mass is 16.6. The highest BCUT2D eigenvalue weighted by molar-refractivity contribution is 5.41. The van der Waals surface area contributed by atoms with E-state index in [9.17, 15) is 10.1 Å². The molecule has 20 heavy (non-hydrogen) atoms. The van der Waals surface area contributed by atoms with E-state index in [0.29, 0.717) is 25.3 Å². The lowest BCUT2D eigenvalue weighted by Crippen LogP contribution is -2.43. The van der Waals surface area contributed by atoms with Crippen molar-refractivity contribution < 1.29 is 14.4 Å². The number of nitro groups is 1. The maximum atomic E-state index is 11.0. The van der Waals surface area contributed by atoms with Gasteiger partial charge in [0, 0.05) is 44.4 Å². The number of benzene rings is 1. The number of nitrogens with zero attached hydrogens (tertiary/aromatic N) is 1. The molecule has 0 aromatic heterocycles. The molecular formula is C14H20N2O4. The van der Waals surface area contributed by atoms with Gasteiger partial charge in [-0.25, -0.2) is 0 Å². The number of nitro benzene ring substituents is 1. The Morgan fingerprint density at radius 3 is 2.90 bits per heavy atom. The second-order valence-corrected chi connectivity index (χ2v) is 5.11. The minimum absolute atomic E-state index is 0.121. The van der Waals surface area contributed by atoms with E-state index in [1.54, 1.807) is 19.2 Å². The van der Waals surface area contributed by atoms with Gasteiger partial charge in [0.05, 0.1) is 11.5 Å². The van der Waals surface area contributed by atoms with Crippen molar-refractivity contribution in [3.8, 4) is 0 Å². The first-order valence-electron chi connectivity index (χ1n) is 6.67. The van der Waals surface area contributed by atoms with Crippen LogP contribution in [0.15, 0.2) is 24.3 Å². The second-order valence-electron chi connectivity index (χ2n) is 5.11. The van der Waals surface area contributed by atoms with Gasteiger partial charge in [0.1, 0.15) is 5.60 Å². The Morgan fingerprint density at radius 2 is 2.30 bits per heavy atom. The van der Waals surface area contributed by atoms with E-state index in [-0.39, 0.29) is 22.3 Å². The molecule has 2 rings (SSSR count). The van der Waals surface area contributed by atoms with Crippen LogP contribution in [0.2, 0.25) is 0 Å². The van der Waals surface area contributed by atoms with Crippen LogP contribution in [0, 0.1) is 10.1 Å². The largest absolute Gasteiger partial charge is 0.378 e. The SMILES string of the molecule is COC1(CNC(C)c2ccccc2[N+](=O)[O-])CCOC1. The van der Waals surface area contributed by atoms with Crippen LogP contribution in [0.1, 0.15) is 24.9 Å². The van der Waals surface area contributed by atoms with Crippen LogP contribution in [0.4, 0.5) is 5.69 Å². The Kier molecular flexibility index (Phi) is 4.69. The molecule has 2 atom stereocenters. The van der Waals surface area contributed by atoms with Crippen molar-refractivity contribution in [1.82, 2.24) is 5.32 Å². The van der Waals surface area contributed by atoms with Crippen LogP contribution < -0.4 is 5.32 Å². The van der Waals surface area contributed by atoms with E-state index in [0.717, 1.165) is 6.42 Å². The smallest absolute Gasteiger partial charge is 0.274 e. The maximum absolute atomic E-state index is 11.0. The summed E-state index contributed by atoms with van der Waals surface area (Å²) in [6.45, 7) is 3.77. The number of hydrogen-bond acceptors (Lipinski definition) is 5. The van der Waals surface area contributed by atoms with Gasteiger partial charge in [0.25, 0.3) is 5.69 Å². The fraction of sp³-hybridized carbons (Fsp3) is 0.571. The molecule has 0 spiro atoms. The van der Waals surface area contributed by atoms with Crippen LogP contribution in [0.3, 0.4) is 0 Å². The van der Waals surface area contributed by atoms with Gasteiger partial charge in [-0.3, -0.25) is 10.1 Å². The number of para-hydroxylation sites is 1. The van der Waals surface area contributed by atoms with Crippen LogP contribution in [0.25, 0.3) is 0 Å². The number of rotatable bonds is 6. The molecule has 1 fully saturated rings. The minimum Gasteiger partial charge on any atom is -0.378 e. The zero-order chi connectivity index (χ0) is 14.6. The first kappa shape index (κ1) is 14.9. The first-order valence-corrected chi connectivity index (χ1v) is 6.67. The average Bonchev–Trinajstić information content (AvgIpc) is 2.94. The van der Waals surface area contributed by atoms with Gasteiger partial charge in [-0.1, -0.05) is 18.2 Å². The van der Waals surface area contributed by atoms with Gasteiger partial charge >= 0.3 is 0 Å². The summed E-state index contributed by atoms with van der Waals surface area (Å²) in [5.74, 6) is 0. The molecule has 0 radical (unpaired) electrons. The Bertz CT molecular complexity index is 472. The Labute approximate surface area is 118 Å². The van der Waals surface area contributed by atoms with Crippen LogP contribution in [-0.2, 0) is 9.47 Å². The van der Waals surface area contributed by atoms with Crippen molar-refractivity contribution in [1.29, 1.82) is 0 Å². The molecule has 1 heterocycles. The summed E-state index contributed by atoms with van der Waals surface area (Å²) >= 11 is 0. The predicted octanol–water partition coefficient (Wildman–Crippen LogP) is 2.05. The van der Waals surface area contributed by atoms with E-state index >= 15 is 0 Å². The van der Waals surface area contributed by atoms with Crippen LogP contribution >= 0.6 is 0 Å². The van der Waals surface area contributed by atoms with E-state index in [4.69, 9.17) is 9.47 Å². The van der Waals surface area contributed by atoms with Crippen molar-refractivity contribution >= 4 is 5.69 Å². The van der Waals surface area contributed by atoms with Crippen LogP contribution in [-0.4, -0.2) is 37.4 Å². The molecule has 1 aliphatic rings. The standard InChI is InChI=1S/C14H20N2O4/c1-11(12-5-3-4-6-13(12)16(17)18)15-9-14(19-2)7-8-20-10-14/h3-6,11,15H,7-10H2,1-2H3. The Hall–Kier alpha value is -1.50. The van der Waals surface area contributed by atoms with Crippen molar-refractivity contribution in [2.24, 2.45) is 0 Å². The fourth-order valence-electron chi connectivity index (χ4n) is 2.43. The van der Waals surface area contributed by atoms with Gasteiger partial charge in [-0.2, -0.15) is 0 Å². The highest BCUT2D eigenvalue weighted by Crippen LogP contribution is 2.26. The molecule has 1 aliphatic heterocycles. The van der Waals surface area contributed by atoms with Crippen molar-refractivity contribution in [2.75, 3.05) is 26.9 Å². The molecule has 0 saturated carbocycles. The van der Waals surface area contributed by atoms with Gasteiger partial charge in [-0.15, -0.1) is 0 Å². The molecule has 0 amide bonds. The van der Waals surface area contributed by atoms with E-state index in [1.807, 2.05) is 13.0 Å². The van der Waals surface area contributed by atoms with Gasteiger partial charge < -0.3 is 14.8 Å². The number of hydrogen-bond donors (Lipinski definition) is 1. The third-order valence-corrected chi connectivity index (χ3v) is 3.83. The average molecular weight is 280 g/mol. The summed E-state index contributed by atoms with van der Waals surface area (Å²) in [6, 6.07) is 6.67. The minimum atomic E-state index is -0.349. The number of nitrogens with one attached hydrogen (secondary N) is 1. The van der Waals surface area contributed by atoms with Gasteiger partial charge in [-0.05, 0) is 6.92 Å². The summed E-state index contributed by atoms with van der Waals surface area (Å²) in [5, 5.41) is 14.4. The third kappa shape index (κ3) is 3.15. The van der Waals surface area contributed by atoms with Crippen molar-refractivity contribution in [2.45, 2.75) is 25.0 Å². The summed E-state index contributed by atoms with van der Waals surface area (Å²) in [4.78, 5) is 10.7. The quantitative estimate of drug-likeness (QED) is 0.637. The van der Waals surface area contributed by atoms with E-state index in [1.165, 1.54) is 6.07 Å². The number of ether oxygens (including phenoxy) is 2. The van der Waals surface area contributed by atoms with Gasteiger partial charge in [0.15, 0.2) is 0 Å². The summed E-state index contributed by atoms with van der Waals surface area (Å²) in [7, 11) is 1.67. The molecule has 1 aromatic carbocycles. The Balaban J connectivity index is 2.05. The lowest BCUT2D eigenvalue weighted by atomic mass is 10.0. The van der Waals surface area contributed by atoms with Crippen LogP contribution in [0.5, 0.6) is 0 Å². The Morgan fingerprint density at radius 1 is 1.55 bits per heavy atom. The maximum Gasteiger partial charge on any atom is 0.274 e. The van der Waals surface area contributed by atoms with E-state index in [2.05, 4.69) is 5.32 Å². The van der Waals surface area contributed by atoms with Crippen molar-refractivity contribution in [3.05, 3.63) is 39.9 Å².